The van der Waals surface area contributed by atoms with E-state index < -0.39 is 0 Å². The third-order valence-corrected chi connectivity index (χ3v) is 3.00. The maximum Gasteiger partial charge on any atom is 0.226 e. The van der Waals surface area contributed by atoms with Crippen LogP contribution in [0.15, 0.2) is 24.5 Å². The summed E-state index contributed by atoms with van der Waals surface area (Å²) >= 11 is 5.24. The van der Waals surface area contributed by atoms with Gasteiger partial charge in [-0.05, 0) is 43.8 Å². The maximum atomic E-state index is 5.24. The molecule has 0 saturated heterocycles. The van der Waals surface area contributed by atoms with Crippen molar-refractivity contribution in [3.63, 3.8) is 0 Å². The molecule has 0 unspecified atom stereocenters. The van der Waals surface area contributed by atoms with Crippen LogP contribution in [0.3, 0.4) is 0 Å². The molecule has 6 heteroatoms. The SMILES string of the molecule is CC(C)n1c(N(C)Cc2ccncc2)n[nH]c1=S. The summed E-state index contributed by atoms with van der Waals surface area (Å²) in [6, 6.07) is 4.28. The van der Waals surface area contributed by atoms with Crippen LogP contribution in [0, 0.1) is 4.77 Å². The van der Waals surface area contributed by atoms with Crippen LogP contribution in [0.25, 0.3) is 0 Å². The van der Waals surface area contributed by atoms with Gasteiger partial charge in [-0.3, -0.25) is 9.55 Å². The predicted octanol–water partition coefficient (Wildman–Crippen LogP) is 2.55. The number of aromatic nitrogens is 4. The summed E-state index contributed by atoms with van der Waals surface area (Å²) in [7, 11) is 2.00. The van der Waals surface area contributed by atoms with Crippen molar-refractivity contribution in [2.45, 2.75) is 26.4 Å². The van der Waals surface area contributed by atoms with E-state index in [4.69, 9.17) is 12.2 Å². The first-order chi connectivity index (χ1) is 8.59. The Bertz CT molecular complexity index is 557. The molecule has 0 spiro atoms. The smallest absolute Gasteiger partial charge is 0.226 e. The third kappa shape index (κ3) is 2.59. The Hall–Kier alpha value is -1.69. The second-order valence-electron chi connectivity index (χ2n) is 4.50. The zero-order valence-corrected chi connectivity index (χ0v) is 11.6. The average Bonchev–Trinajstić information content (AvgIpc) is 2.72. The van der Waals surface area contributed by atoms with Crippen molar-refractivity contribution in [3.8, 4) is 0 Å². The molecule has 2 rings (SSSR count). The molecule has 0 amide bonds. The molecule has 0 fully saturated rings. The van der Waals surface area contributed by atoms with E-state index in [0.717, 1.165) is 12.5 Å². The van der Waals surface area contributed by atoms with E-state index >= 15 is 0 Å². The Balaban J connectivity index is 2.24. The Labute approximate surface area is 111 Å². The van der Waals surface area contributed by atoms with Gasteiger partial charge in [0, 0.05) is 32.0 Å². The van der Waals surface area contributed by atoms with E-state index in [1.165, 1.54) is 5.56 Å². The molecule has 0 atom stereocenters. The first kappa shape index (κ1) is 12.8. The lowest BCUT2D eigenvalue weighted by atomic mass is 10.2. The van der Waals surface area contributed by atoms with Gasteiger partial charge in [0.2, 0.25) is 5.95 Å². The topological polar surface area (TPSA) is 49.7 Å². The van der Waals surface area contributed by atoms with E-state index in [2.05, 4.69) is 33.9 Å². The quantitative estimate of drug-likeness (QED) is 0.861. The highest BCUT2D eigenvalue weighted by molar-refractivity contribution is 7.71. The third-order valence-electron chi connectivity index (χ3n) is 2.71. The van der Waals surface area contributed by atoms with E-state index in [-0.39, 0.29) is 6.04 Å². The standard InChI is InChI=1S/C12H17N5S/c1-9(2)17-11(14-15-12(17)18)16(3)8-10-4-6-13-7-5-10/h4-7,9H,8H2,1-3H3,(H,15,18). The number of hydrogen-bond donors (Lipinski definition) is 1. The highest BCUT2D eigenvalue weighted by atomic mass is 32.1. The van der Waals surface area contributed by atoms with E-state index in [1.807, 2.05) is 23.7 Å². The molecule has 0 aliphatic carbocycles. The minimum absolute atomic E-state index is 0.283. The molecule has 0 aliphatic rings. The zero-order valence-electron chi connectivity index (χ0n) is 10.8. The van der Waals surface area contributed by atoms with Crippen molar-refractivity contribution >= 4 is 18.2 Å². The van der Waals surface area contributed by atoms with Crippen LogP contribution in [0.5, 0.6) is 0 Å². The number of nitrogens with one attached hydrogen (secondary N) is 1. The number of H-pyrrole nitrogens is 1. The van der Waals surface area contributed by atoms with Gasteiger partial charge in [0.15, 0.2) is 4.77 Å². The van der Waals surface area contributed by atoms with Crippen molar-refractivity contribution in [3.05, 3.63) is 34.9 Å². The number of hydrogen-bond acceptors (Lipinski definition) is 4. The first-order valence-electron chi connectivity index (χ1n) is 5.86. The summed E-state index contributed by atoms with van der Waals surface area (Å²) in [4.78, 5) is 6.08. The second-order valence-corrected chi connectivity index (χ2v) is 4.89. The molecule has 18 heavy (non-hydrogen) atoms. The largest absolute Gasteiger partial charge is 0.340 e. The first-order valence-corrected chi connectivity index (χ1v) is 6.27. The Morgan fingerprint density at radius 2 is 2.06 bits per heavy atom. The average molecular weight is 263 g/mol. The van der Waals surface area contributed by atoms with Crippen LogP contribution in [0.2, 0.25) is 0 Å². The molecule has 96 valence electrons. The fourth-order valence-corrected chi connectivity index (χ4v) is 2.20. The van der Waals surface area contributed by atoms with Crippen molar-refractivity contribution in [1.82, 2.24) is 19.7 Å². The fraction of sp³-hybridized carbons (Fsp3) is 0.417. The minimum Gasteiger partial charge on any atom is -0.340 e. The van der Waals surface area contributed by atoms with Crippen molar-refractivity contribution in [1.29, 1.82) is 0 Å². The molecule has 0 radical (unpaired) electrons. The lowest BCUT2D eigenvalue weighted by molar-refractivity contribution is 0.583. The Kier molecular flexibility index (Phi) is 3.76. The van der Waals surface area contributed by atoms with Crippen LogP contribution in [-0.4, -0.2) is 26.8 Å². The van der Waals surface area contributed by atoms with Gasteiger partial charge in [0.1, 0.15) is 0 Å². The highest BCUT2D eigenvalue weighted by Gasteiger charge is 2.13. The lowest BCUT2D eigenvalue weighted by Crippen LogP contribution is -2.21. The summed E-state index contributed by atoms with van der Waals surface area (Å²) in [5.41, 5.74) is 1.19. The fourth-order valence-electron chi connectivity index (χ4n) is 1.86. The summed E-state index contributed by atoms with van der Waals surface area (Å²) in [6.45, 7) is 4.96. The molecule has 2 aromatic rings. The summed E-state index contributed by atoms with van der Waals surface area (Å²) in [5, 5.41) is 7.14. The van der Waals surface area contributed by atoms with E-state index in [9.17, 15) is 0 Å². The van der Waals surface area contributed by atoms with Crippen molar-refractivity contribution in [2.24, 2.45) is 0 Å². The second kappa shape index (κ2) is 5.30. The Morgan fingerprint density at radius 1 is 1.39 bits per heavy atom. The lowest BCUT2D eigenvalue weighted by Gasteiger charge is -2.20. The van der Waals surface area contributed by atoms with Crippen LogP contribution >= 0.6 is 12.2 Å². The van der Waals surface area contributed by atoms with Gasteiger partial charge in [0.05, 0.1) is 0 Å². The van der Waals surface area contributed by atoms with Crippen molar-refractivity contribution < 1.29 is 0 Å². The van der Waals surface area contributed by atoms with Crippen molar-refractivity contribution in [2.75, 3.05) is 11.9 Å². The van der Waals surface area contributed by atoms with Gasteiger partial charge in [-0.2, -0.15) is 0 Å². The zero-order chi connectivity index (χ0) is 13.1. The molecule has 2 aromatic heterocycles. The van der Waals surface area contributed by atoms with Crippen LogP contribution < -0.4 is 4.90 Å². The molecule has 0 aliphatic heterocycles. The number of aromatic amines is 1. The van der Waals surface area contributed by atoms with Gasteiger partial charge in [-0.25, -0.2) is 5.10 Å². The molecule has 1 N–H and O–H groups in total. The van der Waals surface area contributed by atoms with Gasteiger partial charge in [0.25, 0.3) is 0 Å². The van der Waals surface area contributed by atoms with Gasteiger partial charge in [-0.1, -0.05) is 0 Å². The summed E-state index contributed by atoms with van der Waals surface area (Å²) < 4.78 is 2.66. The summed E-state index contributed by atoms with van der Waals surface area (Å²) in [5.74, 6) is 0.854. The number of pyridine rings is 1. The maximum absolute atomic E-state index is 5.24. The normalized spacial score (nSPS) is 10.9. The molecular formula is C12H17N5S. The number of nitrogens with zero attached hydrogens (tertiary/aromatic N) is 4. The molecule has 5 nitrogen and oxygen atoms in total. The van der Waals surface area contributed by atoms with E-state index in [0.29, 0.717) is 4.77 Å². The van der Waals surface area contributed by atoms with Gasteiger partial charge in [-0.15, -0.1) is 5.10 Å². The molecule has 0 saturated carbocycles. The summed E-state index contributed by atoms with van der Waals surface area (Å²) in [6.07, 6.45) is 3.59. The van der Waals surface area contributed by atoms with Crippen LogP contribution in [0.4, 0.5) is 5.95 Å². The number of rotatable bonds is 4. The van der Waals surface area contributed by atoms with E-state index in [1.54, 1.807) is 12.4 Å². The molecule has 0 aromatic carbocycles. The van der Waals surface area contributed by atoms with Crippen LogP contribution in [0.1, 0.15) is 25.5 Å². The Morgan fingerprint density at radius 3 is 2.67 bits per heavy atom. The number of anilines is 1. The highest BCUT2D eigenvalue weighted by Crippen LogP contribution is 2.17. The predicted molar refractivity (Wildman–Crippen MR) is 74.1 cm³/mol. The molecule has 0 bridgehead atoms. The van der Waals surface area contributed by atoms with Crippen LogP contribution in [-0.2, 0) is 6.54 Å². The van der Waals surface area contributed by atoms with Gasteiger partial charge >= 0.3 is 0 Å². The van der Waals surface area contributed by atoms with Gasteiger partial charge < -0.3 is 4.90 Å². The minimum atomic E-state index is 0.283. The molecule has 2 heterocycles. The molecular weight excluding hydrogens is 246 g/mol. The monoisotopic (exact) mass is 263 g/mol.